The molecule has 0 aliphatic carbocycles. The summed E-state index contributed by atoms with van der Waals surface area (Å²) in [7, 11) is 2.13. The molecular formula is C29H39N5O4S. The lowest BCUT2D eigenvalue weighted by Crippen LogP contribution is -2.45. The number of Topliss-reactive ketones (excluding diaryl/α,β-unsaturated/α-hetero) is 1. The average Bonchev–Trinajstić information content (AvgIpc) is 3.60. The summed E-state index contributed by atoms with van der Waals surface area (Å²) in [4.78, 5) is 50.8. The number of hydrogen-bond acceptors (Lipinski definition) is 8. The standard InChI is InChI=1S/C29H39N5O4S/c1-17-14-34(24-23(35)15-38-25(17)24)27(37)21(13-29(2,3)4)20-12-18(6-7-19(20)26(30)36)22-16-39-28(31-22)33-10-8-32(5)9-11-33/h6-7,12,16-17,21,24-25H,8-11,13-15H2,1-5H3,(H2,30,36)/t17-,21-,24+,25+/m0/s1. The predicted octanol–water partition coefficient (Wildman–Crippen LogP) is 3.00. The number of nitrogens with two attached hydrogens (primary N) is 1. The first kappa shape index (κ1) is 27.7. The molecule has 4 heterocycles. The van der Waals surface area contributed by atoms with Crippen molar-refractivity contribution in [3.63, 3.8) is 0 Å². The molecule has 0 spiro atoms. The number of primary amides is 1. The molecule has 3 fully saturated rings. The first-order valence-corrected chi connectivity index (χ1v) is 14.6. The molecule has 10 heteroatoms. The molecular weight excluding hydrogens is 514 g/mol. The lowest BCUT2D eigenvalue weighted by molar-refractivity contribution is -0.138. The summed E-state index contributed by atoms with van der Waals surface area (Å²) in [5, 5.41) is 3.00. The second-order valence-electron chi connectivity index (χ2n) is 12.4. The number of fused-ring (bicyclic) bond motifs is 1. The summed E-state index contributed by atoms with van der Waals surface area (Å²) in [5.41, 5.74) is 8.19. The summed E-state index contributed by atoms with van der Waals surface area (Å²) in [6.45, 7) is 12.6. The van der Waals surface area contributed by atoms with E-state index in [2.05, 4.69) is 37.6 Å². The lowest BCUT2D eigenvalue weighted by atomic mass is 9.78. The van der Waals surface area contributed by atoms with Gasteiger partial charge in [0.1, 0.15) is 12.6 Å². The molecule has 210 valence electrons. The third-order valence-electron chi connectivity index (χ3n) is 8.09. The van der Waals surface area contributed by atoms with Crippen molar-refractivity contribution in [1.29, 1.82) is 0 Å². The van der Waals surface area contributed by atoms with Crippen LogP contribution in [0.2, 0.25) is 0 Å². The van der Waals surface area contributed by atoms with Gasteiger partial charge in [-0.05, 0) is 36.6 Å². The smallest absolute Gasteiger partial charge is 0.249 e. The molecule has 4 atom stereocenters. The monoisotopic (exact) mass is 553 g/mol. The van der Waals surface area contributed by atoms with Gasteiger partial charge in [-0.2, -0.15) is 0 Å². The molecule has 3 aliphatic heterocycles. The molecule has 9 nitrogen and oxygen atoms in total. The third kappa shape index (κ3) is 5.60. The van der Waals surface area contributed by atoms with Gasteiger partial charge in [0.05, 0.1) is 17.7 Å². The van der Waals surface area contributed by atoms with Gasteiger partial charge in [0.15, 0.2) is 10.9 Å². The number of carbonyl (C=O) groups excluding carboxylic acids is 3. The van der Waals surface area contributed by atoms with Crippen LogP contribution in [0.15, 0.2) is 23.6 Å². The minimum absolute atomic E-state index is 0.0366. The highest BCUT2D eigenvalue weighted by molar-refractivity contribution is 7.14. The Morgan fingerprint density at radius 2 is 1.92 bits per heavy atom. The van der Waals surface area contributed by atoms with Crippen LogP contribution >= 0.6 is 11.3 Å². The third-order valence-corrected chi connectivity index (χ3v) is 8.99. The van der Waals surface area contributed by atoms with Crippen LogP contribution in [-0.4, -0.2) is 90.9 Å². The zero-order valence-corrected chi connectivity index (χ0v) is 24.3. The fraction of sp³-hybridized carbons (Fsp3) is 0.586. The first-order valence-electron chi connectivity index (χ1n) is 13.7. The number of anilines is 1. The highest BCUT2D eigenvalue weighted by atomic mass is 32.1. The van der Waals surface area contributed by atoms with Crippen molar-refractivity contribution in [2.75, 3.05) is 51.3 Å². The van der Waals surface area contributed by atoms with Crippen LogP contribution in [-0.2, 0) is 14.3 Å². The van der Waals surface area contributed by atoms with E-state index in [-0.39, 0.29) is 35.7 Å². The van der Waals surface area contributed by atoms with Crippen LogP contribution in [0, 0.1) is 11.3 Å². The number of likely N-dealkylation sites (tertiary alicyclic amines) is 1. The molecule has 39 heavy (non-hydrogen) atoms. The number of hydrogen-bond donors (Lipinski definition) is 1. The minimum atomic E-state index is -0.637. The maximum absolute atomic E-state index is 14.3. The molecule has 5 rings (SSSR count). The van der Waals surface area contributed by atoms with Crippen LogP contribution < -0.4 is 10.6 Å². The molecule has 2 amide bonds. The summed E-state index contributed by atoms with van der Waals surface area (Å²) in [6, 6.07) is 4.90. The number of amides is 2. The van der Waals surface area contributed by atoms with Crippen molar-refractivity contribution in [1.82, 2.24) is 14.8 Å². The van der Waals surface area contributed by atoms with E-state index in [1.54, 1.807) is 22.3 Å². The molecule has 1 aromatic carbocycles. The Kier molecular flexibility index (Phi) is 7.56. The van der Waals surface area contributed by atoms with Gasteiger partial charge in [0, 0.05) is 55.1 Å². The Hall–Kier alpha value is -2.82. The van der Waals surface area contributed by atoms with Crippen molar-refractivity contribution >= 4 is 34.1 Å². The molecule has 2 aromatic rings. The average molecular weight is 554 g/mol. The number of ketones is 1. The van der Waals surface area contributed by atoms with E-state index >= 15 is 0 Å². The summed E-state index contributed by atoms with van der Waals surface area (Å²) < 4.78 is 5.73. The Labute approximate surface area is 234 Å². The Morgan fingerprint density at radius 1 is 1.21 bits per heavy atom. The van der Waals surface area contributed by atoms with Crippen molar-refractivity contribution in [2.24, 2.45) is 17.1 Å². The fourth-order valence-corrected chi connectivity index (χ4v) is 6.93. The topological polar surface area (TPSA) is 109 Å². The van der Waals surface area contributed by atoms with Crippen LogP contribution in [0.3, 0.4) is 0 Å². The maximum Gasteiger partial charge on any atom is 0.249 e. The van der Waals surface area contributed by atoms with Crippen molar-refractivity contribution < 1.29 is 19.1 Å². The molecule has 2 N–H and O–H groups in total. The number of benzene rings is 1. The van der Waals surface area contributed by atoms with Gasteiger partial charge in [0.2, 0.25) is 11.8 Å². The lowest BCUT2D eigenvalue weighted by Gasteiger charge is -2.32. The van der Waals surface area contributed by atoms with E-state index in [4.69, 9.17) is 15.5 Å². The summed E-state index contributed by atoms with van der Waals surface area (Å²) >= 11 is 1.60. The van der Waals surface area contributed by atoms with Gasteiger partial charge in [0.25, 0.3) is 0 Å². The quantitative estimate of drug-likeness (QED) is 0.586. The van der Waals surface area contributed by atoms with Crippen LogP contribution in [0.1, 0.15) is 56.0 Å². The number of piperazine rings is 1. The van der Waals surface area contributed by atoms with Crippen molar-refractivity contribution in [2.45, 2.75) is 52.2 Å². The fourth-order valence-electron chi connectivity index (χ4n) is 6.04. The number of nitrogens with zero attached hydrogens (tertiary/aromatic N) is 4. The molecule has 0 unspecified atom stereocenters. The number of ether oxygens (including phenoxy) is 1. The van der Waals surface area contributed by atoms with Gasteiger partial charge in [-0.25, -0.2) is 4.98 Å². The van der Waals surface area contributed by atoms with Crippen molar-refractivity contribution in [3.8, 4) is 11.3 Å². The number of likely N-dealkylation sites (N-methyl/N-ethyl adjacent to an activating group) is 1. The van der Waals surface area contributed by atoms with E-state index in [0.29, 0.717) is 24.1 Å². The number of aromatic nitrogens is 1. The van der Waals surface area contributed by atoms with E-state index in [9.17, 15) is 14.4 Å². The molecule has 3 saturated heterocycles. The van der Waals surface area contributed by atoms with E-state index in [1.807, 2.05) is 24.4 Å². The number of carbonyl (C=O) groups is 3. The van der Waals surface area contributed by atoms with Crippen LogP contribution in [0.4, 0.5) is 5.13 Å². The van der Waals surface area contributed by atoms with E-state index in [1.165, 1.54) is 0 Å². The van der Waals surface area contributed by atoms with Gasteiger partial charge in [-0.3, -0.25) is 14.4 Å². The second-order valence-corrected chi connectivity index (χ2v) is 13.3. The largest absolute Gasteiger partial charge is 0.367 e. The Bertz CT molecular complexity index is 1260. The molecule has 0 bridgehead atoms. The van der Waals surface area contributed by atoms with Crippen LogP contribution in [0.25, 0.3) is 11.3 Å². The SMILES string of the molecule is C[C@H]1CN(C(=O)[C@@H](CC(C)(C)C)c2cc(-c3csc(N4CCN(C)CC4)n3)ccc2C(N)=O)[C@@H]2C(=O)CO[C@@H]21. The van der Waals surface area contributed by atoms with Gasteiger partial charge < -0.3 is 25.2 Å². The van der Waals surface area contributed by atoms with Crippen LogP contribution in [0.5, 0.6) is 0 Å². The predicted molar refractivity (Wildman–Crippen MR) is 152 cm³/mol. The maximum atomic E-state index is 14.3. The normalized spacial score (nSPS) is 24.7. The zero-order chi connectivity index (χ0) is 28.1. The van der Waals surface area contributed by atoms with Gasteiger partial charge in [-0.15, -0.1) is 11.3 Å². The first-order chi connectivity index (χ1) is 18.4. The molecule has 1 aromatic heterocycles. The van der Waals surface area contributed by atoms with Crippen molar-refractivity contribution in [3.05, 3.63) is 34.7 Å². The molecule has 3 aliphatic rings. The highest BCUT2D eigenvalue weighted by Gasteiger charge is 2.52. The number of rotatable bonds is 6. The zero-order valence-electron chi connectivity index (χ0n) is 23.5. The Balaban J connectivity index is 1.52. The molecule has 0 saturated carbocycles. The highest BCUT2D eigenvalue weighted by Crippen LogP contribution is 2.40. The van der Waals surface area contributed by atoms with Gasteiger partial charge >= 0.3 is 0 Å². The summed E-state index contributed by atoms with van der Waals surface area (Å²) in [5.74, 6) is -1.37. The summed E-state index contributed by atoms with van der Waals surface area (Å²) in [6.07, 6.45) is 0.220. The van der Waals surface area contributed by atoms with E-state index < -0.39 is 17.9 Å². The second kappa shape index (κ2) is 10.6. The van der Waals surface area contributed by atoms with Gasteiger partial charge in [-0.1, -0.05) is 33.8 Å². The molecule has 0 radical (unpaired) electrons. The van der Waals surface area contributed by atoms with E-state index in [0.717, 1.165) is 42.6 Å². The number of thiazole rings is 1. The minimum Gasteiger partial charge on any atom is -0.367 e. The Morgan fingerprint density at radius 3 is 2.59 bits per heavy atom.